The SMILES string of the molecule is CC(CNS(=O)(=O)c1c[nH]c(=O)c(Cl)c1)C(C)(C)C. The lowest BCUT2D eigenvalue weighted by molar-refractivity contribution is 0.263. The molecule has 5 nitrogen and oxygen atoms in total. The molecule has 1 aromatic rings. The highest BCUT2D eigenvalue weighted by Gasteiger charge is 2.23. The molecule has 0 saturated carbocycles. The Kier molecular flexibility index (Phi) is 4.81. The summed E-state index contributed by atoms with van der Waals surface area (Å²) in [6.45, 7) is 8.43. The van der Waals surface area contributed by atoms with Crippen LogP contribution >= 0.6 is 11.6 Å². The summed E-state index contributed by atoms with van der Waals surface area (Å²) >= 11 is 5.62. The van der Waals surface area contributed by atoms with Gasteiger partial charge in [-0.25, -0.2) is 13.1 Å². The third kappa shape index (κ3) is 4.33. The topological polar surface area (TPSA) is 79.0 Å². The lowest BCUT2D eigenvalue weighted by Gasteiger charge is -2.27. The summed E-state index contributed by atoms with van der Waals surface area (Å²) in [4.78, 5) is 13.3. The van der Waals surface area contributed by atoms with E-state index >= 15 is 0 Å². The molecule has 1 heterocycles. The molecule has 19 heavy (non-hydrogen) atoms. The molecule has 108 valence electrons. The molecule has 1 unspecified atom stereocenters. The number of aromatic amines is 1. The molecule has 0 saturated heterocycles. The first kappa shape index (κ1) is 16.2. The van der Waals surface area contributed by atoms with Gasteiger partial charge in [-0.3, -0.25) is 4.79 Å². The van der Waals surface area contributed by atoms with Crippen molar-refractivity contribution in [3.8, 4) is 0 Å². The van der Waals surface area contributed by atoms with Crippen LogP contribution in [0.2, 0.25) is 5.02 Å². The minimum atomic E-state index is -3.66. The van der Waals surface area contributed by atoms with E-state index in [4.69, 9.17) is 11.6 Å². The van der Waals surface area contributed by atoms with Crippen LogP contribution in [0.5, 0.6) is 0 Å². The number of halogens is 1. The maximum absolute atomic E-state index is 12.0. The molecule has 0 amide bonds. The molecule has 1 rings (SSSR count). The Morgan fingerprint density at radius 3 is 2.47 bits per heavy atom. The van der Waals surface area contributed by atoms with E-state index in [-0.39, 0.29) is 21.3 Å². The Balaban J connectivity index is 2.88. The van der Waals surface area contributed by atoms with Crippen LogP contribution in [0.4, 0.5) is 0 Å². The summed E-state index contributed by atoms with van der Waals surface area (Å²) in [5.74, 6) is 0.167. The predicted molar refractivity (Wildman–Crippen MR) is 75.9 cm³/mol. The molecule has 2 N–H and O–H groups in total. The van der Waals surface area contributed by atoms with E-state index in [0.29, 0.717) is 6.54 Å². The van der Waals surface area contributed by atoms with Crippen LogP contribution in [0.25, 0.3) is 0 Å². The minimum absolute atomic E-state index is 0.00513. The van der Waals surface area contributed by atoms with Crippen molar-refractivity contribution < 1.29 is 8.42 Å². The molecule has 0 radical (unpaired) electrons. The van der Waals surface area contributed by atoms with E-state index in [1.807, 2.05) is 27.7 Å². The molecule has 0 bridgehead atoms. The Labute approximate surface area is 118 Å². The molecule has 0 aliphatic heterocycles. The summed E-state index contributed by atoms with van der Waals surface area (Å²) in [5.41, 5.74) is -0.505. The van der Waals surface area contributed by atoms with Gasteiger partial charge in [0.2, 0.25) is 10.0 Å². The van der Waals surface area contributed by atoms with Crippen LogP contribution in [0.3, 0.4) is 0 Å². The zero-order valence-corrected chi connectivity index (χ0v) is 13.0. The first-order chi connectivity index (χ1) is 8.54. The van der Waals surface area contributed by atoms with Crippen LogP contribution in [-0.2, 0) is 10.0 Å². The molecule has 0 aliphatic carbocycles. The molecule has 1 atom stereocenters. The van der Waals surface area contributed by atoms with E-state index in [1.165, 1.54) is 0 Å². The number of sulfonamides is 1. The van der Waals surface area contributed by atoms with Crippen LogP contribution in [0.15, 0.2) is 22.0 Å². The van der Waals surface area contributed by atoms with Crippen molar-refractivity contribution in [2.45, 2.75) is 32.6 Å². The van der Waals surface area contributed by atoms with Gasteiger partial charge in [0.05, 0.1) is 4.90 Å². The molecule has 1 aromatic heterocycles. The summed E-state index contributed by atoms with van der Waals surface area (Å²) < 4.78 is 26.6. The fraction of sp³-hybridized carbons (Fsp3) is 0.583. The van der Waals surface area contributed by atoms with Crippen LogP contribution in [0.1, 0.15) is 27.7 Å². The molecular formula is C12H19ClN2O3S. The Hall–Kier alpha value is -0.850. The summed E-state index contributed by atoms with van der Waals surface area (Å²) in [5, 5.41) is -0.147. The summed E-state index contributed by atoms with van der Waals surface area (Å²) in [6.07, 6.45) is 1.14. The lowest BCUT2D eigenvalue weighted by atomic mass is 9.82. The van der Waals surface area contributed by atoms with Crippen molar-refractivity contribution in [2.75, 3.05) is 6.54 Å². The van der Waals surface area contributed by atoms with Gasteiger partial charge in [0.1, 0.15) is 5.02 Å². The van der Waals surface area contributed by atoms with E-state index in [1.54, 1.807) is 0 Å². The molecule has 0 aliphatic rings. The average molecular weight is 307 g/mol. The standard InChI is InChI=1S/C12H19ClN2O3S/c1-8(12(2,3)4)6-15-19(17,18)9-5-10(13)11(16)14-7-9/h5,7-8,15H,6H2,1-4H3,(H,14,16). The van der Waals surface area contributed by atoms with Gasteiger partial charge in [-0.2, -0.15) is 0 Å². The van der Waals surface area contributed by atoms with Crippen LogP contribution in [-0.4, -0.2) is 19.9 Å². The smallest absolute Gasteiger partial charge is 0.266 e. The quantitative estimate of drug-likeness (QED) is 0.893. The number of hydrogen-bond acceptors (Lipinski definition) is 3. The van der Waals surface area contributed by atoms with E-state index in [9.17, 15) is 13.2 Å². The Morgan fingerprint density at radius 2 is 2.00 bits per heavy atom. The fourth-order valence-electron chi connectivity index (χ4n) is 1.22. The van der Waals surface area contributed by atoms with Gasteiger partial charge in [-0.05, 0) is 17.4 Å². The van der Waals surface area contributed by atoms with Gasteiger partial charge in [0, 0.05) is 12.7 Å². The third-order valence-electron chi connectivity index (χ3n) is 3.20. The van der Waals surface area contributed by atoms with Gasteiger partial charge < -0.3 is 4.98 Å². The van der Waals surface area contributed by atoms with E-state index in [0.717, 1.165) is 12.3 Å². The van der Waals surface area contributed by atoms with Crippen molar-refractivity contribution in [1.82, 2.24) is 9.71 Å². The molecular weight excluding hydrogens is 288 g/mol. The zero-order valence-electron chi connectivity index (χ0n) is 11.5. The summed E-state index contributed by atoms with van der Waals surface area (Å²) in [7, 11) is -3.66. The second-order valence-corrected chi connectivity index (χ2v) is 7.81. The minimum Gasteiger partial charge on any atom is -0.326 e. The van der Waals surface area contributed by atoms with Gasteiger partial charge in [-0.15, -0.1) is 0 Å². The first-order valence-electron chi connectivity index (χ1n) is 5.92. The average Bonchev–Trinajstić information content (AvgIpc) is 2.28. The number of H-pyrrole nitrogens is 1. The van der Waals surface area contributed by atoms with Crippen molar-refractivity contribution in [1.29, 1.82) is 0 Å². The number of rotatable bonds is 4. The third-order valence-corrected chi connectivity index (χ3v) is 4.88. The number of aromatic nitrogens is 1. The van der Waals surface area contributed by atoms with Crippen molar-refractivity contribution in [3.63, 3.8) is 0 Å². The highest BCUT2D eigenvalue weighted by Crippen LogP contribution is 2.24. The number of hydrogen-bond donors (Lipinski definition) is 2. The first-order valence-corrected chi connectivity index (χ1v) is 7.78. The maximum atomic E-state index is 12.0. The van der Waals surface area contributed by atoms with Gasteiger partial charge in [0.25, 0.3) is 5.56 Å². The molecule has 0 fully saturated rings. The van der Waals surface area contributed by atoms with Gasteiger partial charge in [-0.1, -0.05) is 39.3 Å². The van der Waals surface area contributed by atoms with Gasteiger partial charge >= 0.3 is 0 Å². The second kappa shape index (κ2) is 5.64. The highest BCUT2D eigenvalue weighted by molar-refractivity contribution is 7.89. The van der Waals surface area contributed by atoms with Gasteiger partial charge in [0.15, 0.2) is 0 Å². The van der Waals surface area contributed by atoms with Crippen molar-refractivity contribution >= 4 is 21.6 Å². The number of nitrogens with one attached hydrogen (secondary N) is 2. The van der Waals surface area contributed by atoms with Crippen LogP contribution in [0, 0.1) is 11.3 Å². The zero-order chi connectivity index (χ0) is 14.8. The summed E-state index contributed by atoms with van der Waals surface area (Å²) in [6, 6.07) is 1.14. The normalized spacial score (nSPS) is 14.4. The monoisotopic (exact) mass is 306 g/mol. The maximum Gasteiger partial charge on any atom is 0.266 e. The molecule has 0 spiro atoms. The Bertz CT molecular complexity index is 602. The predicted octanol–water partition coefficient (Wildman–Crippen LogP) is 1.99. The number of pyridine rings is 1. The Morgan fingerprint density at radius 1 is 1.42 bits per heavy atom. The molecule has 7 heteroatoms. The van der Waals surface area contributed by atoms with Crippen molar-refractivity contribution in [3.05, 3.63) is 27.6 Å². The largest absolute Gasteiger partial charge is 0.326 e. The van der Waals surface area contributed by atoms with E-state index in [2.05, 4.69) is 9.71 Å². The second-order valence-electron chi connectivity index (χ2n) is 5.63. The highest BCUT2D eigenvalue weighted by atomic mass is 35.5. The van der Waals surface area contributed by atoms with E-state index < -0.39 is 15.6 Å². The molecule has 0 aromatic carbocycles. The van der Waals surface area contributed by atoms with Crippen molar-refractivity contribution in [2.24, 2.45) is 11.3 Å². The fourth-order valence-corrected chi connectivity index (χ4v) is 2.58. The van der Waals surface area contributed by atoms with Crippen LogP contribution < -0.4 is 10.3 Å². The lowest BCUT2D eigenvalue weighted by Crippen LogP contribution is -2.34.